The van der Waals surface area contributed by atoms with Crippen molar-refractivity contribution in [1.29, 1.82) is 0 Å². The third kappa shape index (κ3) is 2.32. The molecule has 0 N–H and O–H groups in total. The Labute approximate surface area is 224 Å². The Balaban J connectivity index is 1.08. The first kappa shape index (κ1) is 20.9. The zero-order chi connectivity index (χ0) is 24.8. The maximum absolute atomic E-state index is 6.99. The van der Waals surface area contributed by atoms with Crippen molar-refractivity contribution < 1.29 is 18.5 Å². The van der Waals surface area contributed by atoms with Crippen LogP contribution in [0.3, 0.4) is 0 Å². The summed E-state index contributed by atoms with van der Waals surface area (Å²) in [6, 6.07) is 11.2. The quantitative estimate of drug-likeness (QED) is 0.308. The number of allylic oxidation sites excluding steroid dienone is 6. The lowest BCUT2D eigenvalue weighted by Gasteiger charge is -2.43. The molecule has 5 heterocycles. The second kappa shape index (κ2) is 6.78. The maximum atomic E-state index is 6.99. The zero-order valence-electron chi connectivity index (χ0n) is 21.7. The topological polar surface area (TPSA) is 21.5 Å². The molecule has 13 atom stereocenters. The molecule has 12 unspecified atom stereocenters. The van der Waals surface area contributed by atoms with Crippen molar-refractivity contribution in [2.24, 2.45) is 23.7 Å². The number of hydrogen-bond acceptors (Lipinski definition) is 2. The summed E-state index contributed by atoms with van der Waals surface area (Å²) in [6.07, 6.45) is 30.5. The first-order valence-corrected chi connectivity index (χ1v) is 14.7. The molecule has 9 aliphatic rings. The van der Waals surface area contributed by atoms with Gasteiger partial charge in [-0.2, -0.15) is 0 Å². The molecule has 1 aromatic carbocycles. The molecule has 0 amide bonds. The minimum atomic E-state index is -0.256. The molecule has 4 nitrogen and oxygen atoms in total. The average Bonchev–Trinajstić information content (AvgIpc) is 3.82. The van der Waals surface area contributed by atoms with Gasteiger partial charge in [-0.25, -0.2) is 4.58 Å². The van der Waals surface area contributed by atoms with Crippen molar-refractivity contribution in [3.05, 3.63) is 108 Å². The molecule has 4 fully saturated rings. The van der Waals surface area contributed by atoms with Crippen LogP contribution in [0.15, 0.2) is 97.0 Å². The molecule has 190 valence electrons. The number of benzene rings is 1. The van der Waals surface area contributed by atoms with Crippen LogP contribution in [0.25, 0.3) is 0 Å². The van der Waals surface area contributed by atoms with Gasteiger partial charge in [-0.15, -0.1) is 0 Å². The van der Waals surface area contributed by atoms with E-state index < -0.39 is 0 Å². The first-order chi connectivity index (χ1) is 18.7. The number of quaternary nitrogens is 1. The fourth-order valence-corrected chi connectivity index (χ4v) is 10.2. The Morgan fingerprint density at radius 1 is 1.00 bits per heavy atom. The van der Waals surface area contributed by atoms with Gasteiger partial charge in [0.1, 0.15) is 23.9 Å². The number of fused-ring (bicyclic) bond motifs is 12. The highest BCUT2D eigenvalue weighted by Gasteiger charge is 2.77. The fraction of sp³-hybridized carbons (Fsp3) is 0.441. The van der Waals surface area contributed by atoms with Crippen molar-refractivity contribution in [3.63, 3.8) is 0 Å². The van der Waals surface area contributed by atoms with Crippen molar-refractivity contribution in [1.82, 2.24) is 0 Å². The van der Waals surface area contributed by atoms with E-state index in [2.05, 4.69) is 109 Å². The van der Waals surface area contributed by atoms with Crippen LogP contribution < -0.4 is 0 Å². The maximum Gasteiger partial charge on any atom is 0.189 e. The van der Waals surface area contributed by atoms with E-state index >= 15 is 0 Å². The van der Waals surface area contributed by atoms with Gasteiger partial charge < -0.3 is 9.47 Å². The summed E-state index contributed by atoms with van der Waals surface area (Å²) in [5.41, 5.74) is 2.87. The lowest BCUT2D eigenvalue weighted by atomic mass is 9.77. The lowest BCUT2D eigenvalue weighted by molar-refractivity contribution is -0.900. The number of ether oxygens (including phenoxy) is 2. The van der Waals surface area contributed by atoms with E-state index in [1.807, 2.05) is 0 Å². The number of rotatable bonds is 1. The van der Waals surface area contributed by atoms with Gasteiger partial charge in [0.2, 0.25) is 0 Å². The van der Waals surface area contributed by atoms with Crippen LogP contribution in [0.4, 0.5) is 0 Å². The van der Waals surface area contributed by atoms with Crippen molar-refractivity contribution >= 4 is 6.21 Å². The van der Waals surface area contributed by atoms with Crippen LogP contribution in [0.1, 0.15) is 35.9 Å². The summed E-state index contributed by atoms with van der Waals surface area (Å²) in [5, 5.41) is 0. The van der Waals surface area contributed by atoms with E-state index in [4.69, 9.17) is 9.47 Å². The molecule has 38 heavy (non-hydrogen) atoms. The van der Waals surface area contributed by atoms with E-state index in [9.17, 15) is 0 Å². The molecule has 2 saturated carbocycles. The van der Waals surface area contributed by atoms with Crippen LogP contribution in [-0.4, -0.2) is 58.3 Å². The molecule has 0 aromatic heterocycles. The number of hydrogen-bond donors (Lipinski definition) is 0. The van der Waals surface area contributed by atoms with Gasteiger partial charge in [0.25, 0.3) is 0 Å². The minimum absolute atomic E-state index is 0.0374. The molecular weight excluding hydrogens is 468 g/mol. The van der Waals surface area contributed by atoms with Gasteiger partial charge in [-0.3, -0.25) is 4.48 Å². The molecule has 2 saturated heterocycles. The predicted octanol–water partition coefficient (Wildman–Crippen LogP) is 4.95. The van der Waals surface area contributed by atoms with Crippen LogP contribution >= 0.6 is 0 Å². The highest BCUT2D eigenvalue weighted by atomic mass is 16.6. The molecule has 4 aliphatic carbocycles. The first-order valence-electron chi connectivity index (χ1n) is 14.7. The Morgan fingerprint density at radius 2 is 1.89 bits per heavy atom. The highest BCUT2D eigenvalue weighted by Crippen LogP contribution is 2.67. The van der Waals surface area contributed by atoms with Crippen LogP contribution in [0, 0.1) is 23.7 Å². The number of likely N-dealkylation sites (N-methyl/N-ethyl adjacent to an activating group) is 1. The minimum Gasteiger partial charge on any atom is -0.481 e. The normalized spacial score (nSPS) is 52.5. The van der Waals surface area contributed by atoms with E-state index in [-0.39, 0.29) is 17.8 Å². The summed E-state index contributed by atoms with van der Waals surface area (Å²) < 4.78 is 17.5. The van der Waals surface area contributed by atoms with Crippen LogP contribution in [-0.2, 0) is 9.47 Å². The van der Waals surface area contributed by atoms with Crippen LogP contribution in [0.2, 0.25) is 0 Å². The van der Waals surface area contributed by atoms with E-state index in [0.717, 1.165) is 10.2 Å². The second-order valence-corrected chi connectivity index (χ2v) is 13.2. The summed E-state index contributed by atoms with van der Waals surface area (Å²) in [7, 11) is 2.48. The van der Waals surface area contributed by atoms with Crippen LogP contribution in [0.5, 0.6) is 0 Å². The second-order valence-electron chi connectivity index (χ2n) is 13.2. The van der Waals surface area contributed by atoms with Gasteiger partial charge in [-0.05, 0) is 36.6 Å². The standard InChI is InChI=1S/C34H34N2O2/c1-36-19-9-7-15-25(36)20-10-2-3-11-21(20)27-28(31(27)36)29-22-12-4-5-13-23(22)30-32-26(16-18-35(29)30)38-34-17-8-6-14-24(34)33(34)37-32/h2-4,6-12,14-19,22-25,27-33H,5,13H2,1H3/q+2/t22?,23?,24?,25?,27?,28?,29?,30?,31?,32?,33?,34-,36?/m1/s1. The smallest absolute Gasteiger partial charge is 0.189 e. The Morgan fingerprint density at radius 3 is 2.84 bits per heavy atom. The summed E-state index contributed by atoms with van der Waals surface area (Å²) in [6.45, 7) is 0. The Bertz CT molecular complexity index is 1500. The Hall–Kier alpha value is -2.95. The van der Waals surface area contributed by atoms with Gasteiger partial charge >= 0.3 is 0 Å². The molecule has 0 bridgehead atoms. The molecule has 5 aliphatic heterocycles. The summed E-state index contributed by atoms with van der Waals surface area (Å²) in [4.78, 5) is 0. The molecule has 10 rings (SSSR count). The van der Waals surface area contributed by atoms with E-state index in [0.29, 0.717) is 53.8 Å². The lowest BCUT2D eigenvalue weighted by Crippen LogP contribution is -2.50. The Kier molecular flexibility index (Phi) is 3.74. The zero-order valence-corrected chi connectivity index (χ0v) is 21.7. The monoisotopic (exact) mass is 502 g/mol. The predicted molar refractivity (Wildman–Crippen MR) is 145 cm³/mol. The van der Waals surface area contributed by atoms with E-state index in [1.54, 1.807) is 5.56 Å². The third-order valence-electron chi connectivity index (χ3n) is 11.8. The van der Waals surface area contributed by atoms with E-state index in [1.165, 1.54) is 18.4 Å². The molecule has 0 radical (unpaired) electrons. The summed E-state index contributed by atoms with van der Waals surface area (Å²) >= 11 is 0. The van der Waals surface area contributed by atoms with Crippen molar-refractivity contribution in [3.8, 4) is 0 Å². The van der Waals surface area contributed by atoms with Gasteiger partial charge in [0.15, 0.2) is 30.0 Å². The highest BCUT2D eigenvalue weighted by molar-refractivity contribution is 5.69. The average molecular weight is 503 g/mol. The van der Waals surface area contributed by atoms with Gasteiger partial charge in [-0.1, -0.05) is 60.7 Å². The fourth-order valence-electron chi connectivity index (χ4n) is 10.2. The van der Waals surface area contributed by atoms with Gasteiger partial charge in [0.05, 0.1) is 31.0 Å². The molecule has 4 heteroatoms. The largest absolute Gasteiger partial charge is 0.481 e. The number of nitrogens with zero attached hydrogens (tertiary/aromatic N) is 2. The molecular formula is C34H34N2O2+2. The van der Waals surface area contributed by atoms with Gasteiger partial charge in [0, 0.05) is 23.5 Å². The summed E-state index contributed by atoms with van der Waals surface area (Å²) in [5.74, 6) is 3.82. The van der Waals surface area contributed by atoms with Crippen molar-refractivity contribution in [2.45, 2.75) is 60.7 Å². The third-order valence-corrected chi connectivity index (χ3v) is 11.8. The van der Waals surface area contributed by atoms with Crippen molar-refractivity contribution in [2.75, 3.05) is 7.05 Å². The molecule has 1 spiro atoms. The molecule has 1 aromatic rings. The SMILES string of the molecule is C[N+]12C=CC=CC1c1ccccc1C1C(C3C4C=CCCC4C4C5OC6C7C=CC=C[C@@]76OC5=CC=[N+]43)C12.